The van der Waals surface area contributed by atoms with E-state index in [-0.39, 0.29) is 12.0 Å². The molecule has 128 valence electrons. The summed E-state index contributed by atoms with van der Waals surface area (Å²) in [5.74, 6) is 1.09. The van der Waals surface area contributed by atoms with E-state index in [2.05, 4.69) is 34.7 Å². The fraction of sp³-hybridized carbons (Fsp3) is 0.421. The van der Waals surface area contributed by atoms with Gasteiger partial charge in [-0.3, -0.25) is 9.69 Å². The number of nitrogens with one attached hydrogen (secondary N) is 1. The average Bonchev–Trinajstić information content (AvgIpc) is 3.01. The van der Waals surface area contributed by atoms with E-state index < -0.39 is 0 Å². The Hall–Kier alpha value is -1.85. The van der Waals surface area contributed by atoms with Crippen molar-refractivity contribution in [3.05, 3.63) is 52.2 Å². The van der Waals surface area contributed by atoms with Crippen molar-refractivity contribution >= 4 is 17.2 Å². The number of rotatable bonds is 6. The Balaban J connectivity index is 1.44. The van der Waals surface area contributed by atoms with E-state index in [9.17, 15) is 4.79 Å². The highest BCUT2D eigenvalue weighted by Crippen LogP contribution is 2.24. The molecule has 0 saturated carbocycles. The zero-order chi connectivity index (χ0) is 16.8. The Bertz CT molecular complexity index is 657. The van der Waals surface area contributed by atoms with E-state index in [0.717, 1.165) is 31.8 Å². The summed E-state index contributed by atoms with van der Waals surface area (Å²) in [4.78, 5) is 15.7. The predicted molar refractivity (Wildman–Crippen MR) is 97.5 cm³/mol. The number of benzene rings is 1. The second-order valence-electron chi connectivity index (χ2n) is 6.20. The topological polar surface area (TPSA) is 41.6 Å². The van der Waals surface area contributed by atoms with Gasteiger partial charge in [0.25, 0.3) is 0 Å². The lowest BCUT2D eigenvalue weighted by Gasteiger charge is -2.21. The van der Waals surface area contributed by atoms with Crippen LogP contribution in [0, 0.1) is 0 Å². The summed E-state index contributed by atoms with van der Waals surface area (Å²) >= 11 is 1.73. The van der Waals surface area contributed by atoms with Crippen LogP contribution in [-0.2, 0) is 17.8 Å². The summed E-state index contributed by atoms with van der Waals surface area (Å²) in [6.07, 6.45) is 1.57. The lowest BCUT2D eigenvalue weighted by molar-refractivity contribution is -0.121. The smallest absolute Gasteiger partial charge is 0.221 e. The Morgan fingerprint density at radius 1 is 1.33 bits per heavy atom. The molecule has 0 aliphatic carbocycles. The molecule has 0 radical (unpaired) electrons. The first-order valence-corrected chi connectivity index (χ1v) is 9.34. The van der Waals surface area contributed by atoms with Crippen LogP contribution >= 0.6 is 11.3 Å². The molecular formula is C19H24N2O2S. The van der Waals surface area contributed by atoms with Gasteiger partial charge in [-0.1, -0.05) is 24.3 Å². The Morgan fingerprint density at radius 3 is 3.04 bits per heavy atom. The van der Waals surface area contributed by atoms with Crippen LogP contribution in [0.1, 0.15) is 23.8 Å². The number of carbonyl (C=O) groups is 1. The van der Waals surface area contributed by atoms with Crippen molar-refractivity contribution < 1.29 is 9.53 Å². The third-order valence-electron chi connectivity index (χ3n) is 4.14. The van der Waals surface area contributed by atoms with Gasteiger partial charge in [0.1, 0.15) is 11.9 Å². The van der Waals surface area contributed by atoms with Gasteiger partial charge in [0.05, 0.1) is 0 Å². The van der Waals surface area contributed by atoms with Crippen molar-refractivity contribution in [2.45, 2.75) is 32.4 Å². The molecule has 1 aliphatic rings. The molecule has 0 bridgehead atoms. The van der Waals surface area contributed by atoms with Crippen molar-refractivity contribution in [2.24, 2.45) is 0 Å². The average molecular weight is 344 g/mol. The largest absolute Gasteiger partial charge is 0.489 e. The highest BCUT2D eigenvalue weighted by Gasteiger charge is 2.20. The van der Waals surface area contributed by atoms with Crippen LogP contribution in [0.25, 0.3) is 0 Å². The molecule has 1 amide bonds. The van der Waals surface area contributed by atoms with Crippen molar-refractivity contribution in [1.29, 1.82) is 0 Å². The molecule has 24 heavy (non-hydrogen) atoms. The van der Waals surface area contributed by atoms with Crippen LogP contribution in [0.2, 0.25) is 0 Å². The molecule has 4 nitrogen and oxygen atoms in total. The van der Waals surface area contributed by atoms with Crippen molar-refractivity contribution in [3.8, 4) is 5.75 Å². The van der Waals surface area contributed by atoms with Crippen molar-refractivity contribution in [2.75, 3.05) is 19.6 Å². The molecule has 0 spiro atoms. The fourth-order valence-electron chi connectivity index (χ4n) is 2.97. The third-order valence-corrected chi connectivity index (χ3v) is 5.07. The van der Waals surface area contributed by atoms with E-state index in [4.69, 9.17) is 4.74 Å². The minimum absolute atomic E-state index is 0.123. The molecule has 1 aromatic carbocycles. The maximum absolute atomic E-state index is 12.1. The second-order valence-corrected chi connectivity index (χ2v) is 7.23. The standard InChI is InChI=1S/C19H24N2O2S/c1-15-13-21(14-16-5-2-3-7-18(16)23-15)11-9-19(22)20-10-8-17-6-4-12-24-17/h2-7,12,15H,8-11,13-14H2,1H3,(H,20,22)/t15-/m1/s1. The molecule has 1 aliphatic heterocycles. The zero-order valence-corrected chi connectivity index (χ0v) is 14.8. The highest BCUT2D eigenvalue weighted by molar-refractivity contribution is 7.09. The van der Waals surface area contributed by atoms with Gasteiger partial charge < -0.3 is 10.1 Å². The van der Waals surface area contributed by atoms with Gasteiger partial charge in [0, 0.05) is 43.0 Å². The van der Waals surface area contributed by atoms with Crippen LogP contribution < -0.4 is 10.1 Å². The van der Waals surface area contributed by atoms with E-state index in [1.54, 1.807) is 11.3 Å². The molecule has 2 aromatic rings. The molecule has 2 heterocycles. The second kappa shape index (κ2) is 8.31. The normalized spacial score (nSPS) is 17.6. The highest BCUT2D eigenvalue weighted by atomic mass is 32.1. The fourth-order valence-corrected chi connectivity index (χ4v) is 3.68. The van der Waals surface area contributed by atoms with Crippen LogP contribution in [-0.4, -0.2) is 36.5 Å². The first kappa shape index (κ1) is 17.0. The first-order valence-electron chi connectivity index (χ1n) is 8.46. The molecule has 5 heteroatoms. The Labute approximate surface area is 147 Å². The van der Waals surface area contributed by atoms with Gasteiger partial charge >= 0.3 is 0 Å². The predicted octanol–water partition coefficient (Wildman–Crippen LogP) is 3.08. The van der Waals surface area contributed by atoms with Gasteiger partial charge in [0.2, 0.25) is 5.91 Å². The van der Waals surface area contributed by atoms with E-state index >= 15 is 0 Å². The molecule has 0 unspecified atom stereocenters. The summed E-state index contributed by atoms with van der Waals surface area (Å²) < 4.78 is 5.96. The Kier molecular flexibility index (Phi) is 5.88. The van der Waals surface area contributed by atoms with Crippen molar-refractivity contribution in [1.82, 2.24) is 10.2 Å². The SMILES string of the molecule is C[C@@H]1CN(CCC(=O)NCCc2cccs2)Cc2ccccc2O1. The van der Waals surface area contributed by atoms with Crippen LogP contribution in [0.4, 0.5) is 0 Å². The van der Waals surface area contributed by atoms with E-state index in [1.807, 2.05) is 24.3 Å². The molecule has 0 saturated heterocycles. The molecule has 1 N–H and O–H groups in total. The summed E-state index contributed by atoms with van der Waals surface area (Å²) in [5, 5.41) is 5.08. The molecule has 0 fully saturated rings. The lowest BCUT2D eigenvalue weighted by Crippen LogP contribution is -2.35. The number of carbonyl (C=O) groups excluding carboxylic acids is 1. The zero-order valence-electron chi connectivity index (χ0n) is 14.0. The maximum atomic E-state index is 12.1. The molecular weight excluding hydrogens is 320 g/mol. The van der Waals surface area contributed by atoms with E-state index in [0.29, 0.717) is 13.0 Å². The first-order chi connectivity index (χ1) is 11.7. The van der Waals surface area contributed by atoms with Gasteiger partial charge in [-0.15, -0.1) is 11.3 Å². The number of fused-ring (bicyclic) bond motifs is 1. The van der Waals surface area contributed by atoms with E-state index in [1.165, 1.54) is 10.4 Å². The number of para-hydroxylation sites is 1. The number of nitrogens with zero attached hydrogens (tertiary/aromatic N) is 1. The van der Waals surface area contributed by atoms with Gasteiger partial charge in [-0.2, -0.15) is 0 Å². The quantitative estimate of drug-likeness (QED) is 0.876. The number of thiophene rings is 1. The van der Waals surface area contributed by atoms with Crippen LogP contribution in [0.5, 0.6) is 5.75 Å². The minimum Gasteiger partial charge on any atom is -0.489 e. The summed E-state index contributed by atoms with van der Waals surface area (Å²) in [7, 11) is 0. The van der Waals surface area contributed by atoms with Gasteiger partial charge in [0.15, 0.2) is 0 Å². The molecule has 1 atom stereocenters. The molecule has 1 aromatic heterocycles. The van der Waals surface area contributed by atoms with Crippen LogP contribution in [0.15, 0.2) is 41.8 Å². The lowest BCUT2D eigenvalue weighted by atomic mass is 10.2. The molecule has 3 rings (SSSR count). The number of ether oxygens (including phenoxy) is 1. The number of hydrogen-bond donors (Lipinski definition) is 1. The van der Waals surface area contributed by atoms with Crippen LogP contribution in [0.3, 0.4) is 0 Å². The summed E-state index contributed by atoms with van der Waals surface area (Å²) in [6.45, 7) is 5.23. The monoisotopic (exact) mass is 344 g/mol. The summed E-state index contributed by atoms with van der Waals surface area (Å²) in [5.41, 5.74) is 1.19. The third kappa shape index (κ3) is 4.82. The minimum atomic E-state index is 0.123. The maximum Gasteiger partial charge on any atom is 0.221 e. The van der Waals surface area contributed by atoms with Gasteiger partial charge in [-0.05, 0) is 30.9 Å². The number of hydrogen-bond acceptors (Lipinski definition) is 4. The Morgan fingerprint density at radius 2 is 2.21 bits per heavy atom. The summed E-state index contributed by atoms with van der Waals surface area (Å²) in [6, 6.07) is 12.3. The number of amides is 1. The van der Waals surface area contributed by atoms with Crippen molar-refractivity contribution in [3.63, 3.8) is 0 Å². The van der Waals surface area contributed by atoms with Gasteiger partial charge in [-0.25, -0.2) is 0 Å².